The van der Waals surface area contributed by atoms with Gasteiger partial charge in [0.1, 0.15) is 4.90 Å². The lowest BCUT2D eigenvalue weighted by Gasteiger charge is -2.14. The number of nitro groups is 1. The molecule has 0 bridgehead atoms. The zero-order valence-corrected chi connectivity index (χ0v) is 18.2. The Morgan fingerprint density at radius 2 is 1.83 bits per heavy atom. The number of hydrogen-bond donors (Lipinski definition) is 2. The molecule has 0 atom stereocenters. The second-order valence-electron chi connectivity index (χ2n) is 6.65. The van der Waals surface area contributed by atoms with Gasteiger partial charge in [0.15, 0.2) is 0 Å². The maximum atomic E-state index is 13.1. The first kappa shape index (κ1) is 21.5. The van der Waals surface area contributed by atoms with Gasteiger partial charge in [-0.25, -0.2) is 8.42 Å². The second kappa shape index (κ2) is 8.64. The normalized spacial score (nSPS) is 11.9. The van der Waals surface area contributed by atoms with Crippen LogP contribution in [0.1, 0.15) is 22.9 Å². The number of sulfonamides is 1. The van der Waals surface area contributed by atoms with Crippen molar-refractivity contribution < 1.29 is 13.3 Å². The van der Waals surface area contributed by atoms with Crippen molar-refractivity contribution in [3.63, 3.8) is 0 Å². The van der Waals surface area contributed by atoms with E-state index >= 15 is 0 Å². The van der Waals surface area contributed by atoms with Crippen LogP contribution < -0.4 is 10.1 Å². The molecule has 156 valence electrons. The Bertz CT molecular complexity index is 1220. The van der Waals surface area contributed by atoms with Gasteiger partial charge >= 0.3 is 0 Å². The summed E-state index contributed by atoms with van der Waals surface area (Å²) in [6.07, 6.45) is 0. The number of nitrogens with zero attached hydrogens (tertiary/aromatic N) is 2. The quantitative estimate of drug-likeness (QED) is 0.305. The third kappa shape index (κ3) is 4.84. The summed E-state index contributed by atoms with van der Waals surface area (Å²) in [5.41, 5.74) is 5.33. The van der Waals surface area contributed by atoms with E-state index in [1.807, 2.05) is 30.5 Å². The SMILES string of the molecule is CC(=NNc1ccc([N+](=O)[O-])cc1S(=O)(=O)Nc1ccc(C)cc1C)c1cccs1. The van der Waals surface area contributed by atoms with Gasteiger partial charge in [-0.05, 0) is 49.9 Å². The molecule has 2 N–H and O–H groups in total. The monoisotopic (exact) mass is 444 g/mol. The highest BCUT2D eigenvalue weighted by molar-refractivity contribution is 7.92. The molecule has 3 rings (SSSR count). The smallest absolute Gasteiger partial charge is 0.270 e. The number of nitrogens with one attached hydrogen (secondary N) is 2. The van der Waals surface area contributed by atoms with Gasteiger partial charge in [0, 0.05) is 17.0 Å². The molecule has 0 saturated heterocycles. The number of thiophene rings is 1. The lowest BCUT2D eigenvalue weighted by atomic mass is 10.1. The lowest BCUT2D eigenvalue weighted by Crippen LogP contribution is -2.16. The van der Waals surface area contributed by atoms with Crippen molar-refractivity contribution in [1.29, 1.82) is 0 Å². The standard InChI is InChI=1S/C20H20N4O4S2/c1-13-6-8-17(14(2)11-13)23-30(27,28)20-12-16(24(25)26)7-9-18(20)22-21-15(3)19-5-4-10-29-19/h4-12,22-23H,1-3H3. The van der Waals surface area contributed by atoms with Gasteiger partial charge in [-0.1, -0.05) is 23.8 Å². The average Bonchev–Trinajstić information content (AvgIpc) is 3.23. The van der Waals surface area contributed by atoms with E-state index in [4.69, 9.17) is 0 Å². The molecule has 0 amide bonds. The van der Waals surface area contributed by atoms with Crippen molar-refractivity contribution in [2.75, 3.05) is 10.1 Å². The maximum Gasteiger partial charge on any atom is 0.270 e. The van der Waals surface area contributed by atoms with Crippen molar-refractivity contribution in [3.8, 4) is 0 Å². The van der Waals surface area contributed by atoms with Crippen molar-refractivity contribution >= 4 is 44.1 Å². The van der Waals surface area contributed by atoms with Crippen LogP contribution in [-0.2, 0) is 10.0 Å². The van der Waals surface area contributed by atoms with Crippen LogP contribution in [0.25, 0.3) is 0 Å². The third-order valence-electron chi connectivity index (χ3n) is 4.31. The average molecular weight is 445 g/mol. The number of benzene rings is 2. The van der Waals surface area contributed by atoms with Crippen LogP contribution in [0.3, 0.4) is 0 Å². The topological polar surface area (TPSA) is 114 Å². The summed E-state index contributed by atoms with van der Waals surface area (Å²) in [4.78, 5) is 11.2. The summed E-state index contributed by atoms with van der Waals surface area (Å²) in [7, 11) is -4.12. The van der Waals surface area contributed by atoms with Crippen LogP contribution in [0.4, 0.5) is 17.1 Å². The predicted molar refractivity (Wildman–Crippen MR) is 120 cm³/mol. The summed E-state index contributed by atoms with van der Waals surface area (Å²) < 4.78 is 28.7. The predicted octanol–water partition coefficient (Wildman–Crippen LogP) is 4.91. The third-order valence-corrected chi connectivity index (χ3v) is 6.70. The molecule has 8 nitrogen and oxygen atoms in total. The molecule has 0 unspecified atom stereocenters. The fourth-order valence-corrected chi connectivity index (χ4v) is 4.74. The zero-order chi connectivity index (χ0) is 21.9. The summed E-state index contributed by atoms with van der Waals surface area (Å²) in [6.45, 7) is 5.47. The molecule has 1 heterocycles. The minimum Gasteiger partial charge on any atom is -0.279 e. The van der Waals surface area contributed by atoms with Crippen LogP contribution in [-0.4, -0.2) is 19.1 Å². The number of rotatable bonds is 7. The Morgan fingerprint density at radius 1 is 1.10 bits per heavy atom. The van der Waals surface area contributed by atoms with Gasteiger partial charge in [-0.2, -0.15) is 5.10 Å². The van der Waals surface area contributed by atoms with Crippen molar-refractivity contribution in [3.05, 3.63) is 80.0 Å². The zero-order valence-electron chi connectivity index (χ0n) is 16.5. The van der Waals surface area contributed by atoms with Crippen LogP contribution in [0.2, 0.25) is 0 Å². The first-order valence-corrected chi connectivity index (χ1v) is 11.3. The Hall–Kier alpha value is -3.24. The Kier molecular flexibility index (Phi) is 6.18. The summed E-state index contributed by atoms with van der Waals surface area (Å²) in [5.74, 6) is 0. The molecule has 0 radical (unpaired) electrons. The van der Waals surface area contributed by atoms with Gasteiger partial charge in [0.05, 0.1) is 22.0 Å². The van der Waals surface area contributed by atoms with Gasteiger partial charge in [-0.15, -0.1) is 11.3 Å². The molecule has 0 fully saturated rings. The van der Waals surface area contributed by atoms with E-state index in [0.717, 1.165) is 22.1 Å². The van der Waals surface area contributed by atoms with Crippen LogP contribution in [0.15, 0.2) is 63.9 Å². The molecular formula is C20H20N4O4S2. The van der Waals surface area contributed by atoms with Gasteiger partial charge < -0.3 is 0 Å². The molecule has 10 heteroatoms. The number of aryl methyl sites for hydroxylation is 2. The summed E-state index contributed by atoms with van der Waals surface area (Å²) in [5, 5.41) is 17.4. The van der Waals surface area contributed by atoms with Crippen molar-refractivity contribution in [2.24, 2.45) is 5.10 Å². The van der Waals surface area contributed by atoms with E-state index < -0.39 is 14.9 Å². The largest absolute Gasteiger partial charge is 0.279 e. The highest BCUT2D eigenvalue weighted by atomic mass is 32.2. The lowest BCUT2D eigenvalue weighted by molar-refractivity contribution is -0.385. The highest BCUT2D eigenvalue weighted by Crippen LogP contribution is 2.29. The number of non-ortho nitro benzene ring substituents is 1. The number of nitro benzene ring substituents is 1. The molecule has 0 aliphatic carbocycles. The van der Waals surface area contributed by atoms with E-state index in [1.54, 1.807) is 26.0 Å². The Labute approximate surface area is 178 Å². The molecule has 2 aromatic carbocycles. The van der Waals surface area contributed by atoms with Crippen molar-refractivity contribution in [2.45, 2.75) is 25.7 Å². The second-order valence-corrected chi connectivity index (χ2v) is 9.25. The van der Waals surface area contributed by atoms with Crippen LogP contribution >= 0.6 is 11.3 Å². The molecule has 0 aliphatic rings. The minimum absolute atomic E-state index is 0.133. The number of anilines is 2. The Balaban J connectivity index is 2.01. The summed E-state index contributed by atoms with van der Waals surface area (Å²) in [6, 6.07) is 12.6. The van der Waals surface area contributed by atoms with E-state index in [-0.39, 0.29) is 16.3 Å². The van der Waals surface area contributed by atoms with Crippen LogP contribution in [0.5, 0.6) is 0 Å². The van der Waals surface area contributed by atoms with Gasteiger partial charge in [-0.3, -0.25) is 20.3 Å². The number of hydrazone groups is 1. The van der Waals surface area contributed by atoms with E-state index in [0.29, 0.717) is 11.4 Å². The van der Waals surface area contributed by atoms with Crippen LogP contribution in [0, 0.1) is 24.0 Å². The fourth-order valence-electron chi connectivity index (χ4n) is 2.75. The first-order chi connectivity index (χ1) is 14.2. The highest BCUT2D eigenvalue weighted by Gasteiger charge is 2.23. The van der Waals surface area contributed by atoms with E-state index in [1.165, 1.54) is 23.5 Å². The molecule has 30 heavy (non-hydrogen) atoms. The van der Waals surface area contributed by atoms with Crippen molar-refractivity contribution in [1.82, 2.24) is 0 Å². The van der Waals surface area contributed by atoms with E-state index in [9.17, 15) is 18.5 Å². The molecule has 0 saturated carbocycles. The molecular weight excluding hydrogens is 424 g/mol. The molecule has 0 aliphatic heterocycles. The summed E-state index contributed by atoms with van der Waals surface area (Å²) >= 11 is 1.50. The van der Waals surface area contributed by atoms with E-state index in [2.05, 4.69) is 15.2 Å². The fraction of sp³-hybridized carbons (Fsp3) is 0.150. The molecule has 3 aromatic rings. The number of hydrogen-bond acceptors (Lipinski definition) is 7. The molecule has 1 aromatic heterocycles. The minimum atomic E-state index is -4.12. The first-order valence-electron chi connectivity index (χ1n) is 8.90. The van der Waals surface area contributed by atoms with Gasteiger partial charge in [0.25, 0.3) is 15.7 Å². The van der Waals surface area contributed by atoms with Gasteiger partial charge in [0.2, 0.25) is 0 Å². The molecule has 0 spiro atoms. The maximum absolute atomic E-state index is 13.1. The Morgan fingerprint density at radius 3 is 2.47 bits per heavy atom.